The lowest BCUT2D eigenvalue weighted by molar-refractivity contribution is 0.599. The number of H-pyrrole nitrogens is 1. The molecule has 0 atom stereocenters. The van der Waals surface area contributed by atoms with Gasteiger partial charge < -0.3 is 15.6 Å². The predicted molar refractivity (Wildman–Crippen MR) is 72.9 cm³/mol. The summed E-state index contributed by atoms with van der Waals surface area (Å²) in [6.07, 6.45) is 5.61. The Morgan fingerprint density at radius 1 is 1.50 bits per heavy atom. The highest BCUT2D eigenvalue weighted by molar-refractivity contribution is 5.39. The van der Waals surface area contributed by atoms with Crippen LogP contribution in [0.25, 0.3) is 0 Å². The van der Waals surface area contributed by atoms with Gasteiger partial charge in [0.05, 0.1) is 0 Å². The lowest BCUT2D eigenvalue weighted by atomic mass is 10.2. The summed E-state index contributed by atoms with van der Waals surface area (Å²) in [4.78, 5) is 21.1. The zero-order valence-corrected chi connectivity index (χ0v) is 11.0. The molecule has 1 aliphatic rings. The van der Waals surface area contributed by atoms with Crippen molar-refractivity contribution in [2.75, 3.05) is 18.0 Å². The molecule has 0 spiro atoms. The van der Waals surface area contributed by atoms with Crippen LogP contribution in [0, 0.1) is 0 Å². The van der Waals surface area contributed by atoms with E-state index in [0.717, 1.165) is 24.6 Å². The van der Waals surface area contributed by atoms with Crippen LogP contribution in [-0.2, 0) is 6.42 Å². The van der Waals surface area contributed by atoms with E-state index in [1.165, 1.54) is 25.7 Å². The predicted octanol–water partition coefficient (Wildman–Crippen LogP) is 1.04. The van der Waals surface area contributed by atoms with Gasteiger partial charge in [-0.1, -0.05) is 19.8 Å². The smallest absolute Gasteiger partial charge is 0.252 e. The van der Waals surface area contributed by atoms with E-state index >= 15 is 0 Å². The lowest BCUT2D eigenvalue weighted by Gasteiger charge is -2.29. The number of nitrogens with one attached hydrogen (secondary N) is 1. The zero-order chi connectivity index (χ0) is 13.0. The van der Waals surface area contributed by atoms with E-state index in [1.807, 2.05) is 6.92 Å². The van der Waals surface area contributed by atoms with Crippen LogP contribution in [-0.4, -0.2) is 29.1 Å². The molecule has 0 unspecified atom stereocenters. The molecule has 0 aromatic carbocycles. The second kappa shape index (κ2) is 6.00. The van der Waals surface area contributed by atoms with Crippen molar-refractivity contribution >= 4 is 5.82 Å². The Balaban J connectivity index is 2.28. The second-order valence-corrected chi connectivity index (χ2v) is 4.82. The summed E-state index contributed by atoms with van der Waals surface area (Å²) in [7, 11) is 0. The molecule has 5 heteroatoms. The summed E-state index contributed by atoms with van der Waals surface area (Å²) in [5.41, 5.74) is 5.62. The monoisotopic (exact) mass is 250 g/mol. The maximum Gasteiger partial charge on any atom is 0.252 e. The molecule has 1 aliphatic carbocycles. The molecule has 0 aliphatic heterocycles. The maximum absolute atomic E-state index is 11.6. The Bertz CT molecular complexity index is 437. The van der Waals surface area contributed by atoms with Crippen LogP contribution in [0.2, 0.25) is 0 Å². The van der Waals surface area contributed by atoms with Gasteiger partial charge in [0.2, 0.25) is 0 Å². The number of anilines is 1. The van der Waals surface area contributed by atoms with Gasteiger partial charge in [-0.05, 0) is 12.8 Å². The summed E-state index contributed by atoms with van der Waals surface area (Å²) in [5.74, 6) is 1.53. The van der Waals surface area contributed by atoms with Crippen LogP contribution in [0.1, 0.15) is 38.4 Å². The average Bonchev–Trinajstić information content (AvgIpc) is 2.88. The number of hydrogen-bond acceptors (Lipinski definition) is 4. The number of nitrogens with zero attached hydrogens (tertiary/aromatic N) is 2. The number of nitrogens with two attached hydrogens (primary N) is 1. The molecule has 0 radical (unpaired) electrons. The molecule has 0 amide bonds. The van der Waals surface area contributed by atoms with E-state index in [0.29, 0.717) is 12.6 Å². The topological polar surface area (TPSA) is 75.0 Å². The van der Waals surface area contributed by atoms with Gasteiger partial charge in [-0.3, -0.25) is 4.79 Å². The van der Waals surface area contributed by atoms with Gasteiger partial charge in [-0.25, -0.2) is 4.98 Å². The molecule has 2 rings (SSSR count). The van der Waals surface area contributed by atoms with Gasteiger partial charge in [-0.2, -0.15) is 0 Å². The third-order valence-corrected chi connectivity index (χ3v) is 3.54. The quantitative estimate of drug-likeness (QED) is 0.818. The molecule has 1 saturated carbocycles. The first-order valence-corrected chi connectivity index (χ1v) is 6.81. The van der Waals surface area contributed by atoms with E-state index in [4.69, 9.17) is 5.73 Å². The van der Waals surface area contributed by atoms with Crippen LogP contribution < -0.4 is 16.2 Å². The van der Waals surface area contributed by atoms with Crippen molar-refractivity contribution < 1.29 is 0 Å². The molecular weight excluding hydrogens is 228 g/mol. The molecule has 0 saturated heterocycles. The normalized spacial score (nSPS) is 16.1. The first kappa shape index (κ1) is 13.1. The van der Waals surface area contributed by atoms with Crippen molar-refractivity contribution in [2.45, 2.75) is 45.1 Å². The van der Waals surface area contributed by atoms with Crippen molar-refractivity contribution in [3.05, 3.63) is 22.2 Å². The average molecular weight is 250 g/mol. The number of rotatable bonds is 5. The molecule has 0 bridgehead atoms. The van der Waals surface area contributed by atoms with E-state index < -0.39 is 0 Å². The summed E-state index contributed by atoms with van der Waals surface area (Å²) in [5, 5.41) is 0. The van der Waals surface area contributed by atoms with Crippen LogP contribution in [0.5, 0.6) is 0 Å². The Hall–Kier alpha value is -1.36. The summed E-state index contributed by atoms with van der Waals surface area (Å²) >= 11 is 0. The van der Waals surface area contributed by atoms with E-state index in [1.54, 1.807) is 6.07 Å². The van der Waals surface area contributed by atoms with Crippen molar-refractivity contribution in [1.29, 1.82) is 0 Å². The Kier molecular flexibility index (Phi) is 4.36. The highest BCUT2D eigenvalue weighted by Gasteiger charge is 2.23. The number of aromatic nitrogens is 2. The zero-order valence-electron chi connectivity index (χ0n) is 11.0. The van der Waals surface area contributed by atoms with Gasteiger partial charge >= 0.3 is 0 Å². The SMILES string of the molecule is CCc1nc(N(CCN)C2CCCC2)cc(=O)[nH]1. The first-order valence-electron chi connectivity index (χ1n) is 6.81. The van der Waals surface area contributed by atoms with Gasteiger partial charge in [0, 0.05) is 31.6 Å². The van der Waals surface area contributed by atoms with Crippen LogP contribution in [0.4, 0.5) is 5.82 Å². The molecule has 100 valence electrons. The summed E-state index contributed by atoms with van der Waals surface area (Å²) < 4.78 is 0. The second-order valence-electron chi connectivity index (χ2n) is 4.82. The van der Waals surface area contributed by atoms with Crippen LogP contribution >= 0.6 is 0 Å². The van der Waals surface area contributed by atoms with Crippen molar-refractivity contribution in [3.8, 4) is 0 Å². The van der Waals surface area contributed by atoms with Gasteiger partial charge in [0.1, 0.15) is 11.6 Å². The largest absolute Gasteiger partial charge is 0.352 e. The molecular formula is C13H22N4O. The van der Waals surface area contributed by atoms with E-state index in [-0.39, 0.29) is 5.56 Å². The molecule has 3 N–H and O–H groups in total. The van der Waals surface area contributed by atoms with Crippen molar-refractivity contribution in [1.82, 2.24) is 9.97 Å². The Morgan fingerprint density at radius 2 is 2.22 bits per heavy atom. The van der Waals surface area contributed by atoms with Crippen LogP contribution in [0.3, 0.4) is 0 Å². The third kappa shape index (κ3) is 2.90. The maximum atomic E-state index is 11.6. The van der Waals surface area contributed by atoms with Crippen molar-refractivity contribution in [3.63, 3.8) is 0 Å². The highest BCUT2D eigenvalue weighted by atomic mass is 16.1. The standard InChI is InChI=1S/C13H22N4O/c1-2-11-15-12(9-13(18)16-11)17(8-7-14)10-5-3-4-6-10/h9-10H,2-8,14H2,1H3,(H,15,16,18). The van der Waals surface area contributed by atoms with Gasteiger partial charge in [0.25, 0.3) is 5.56 Å². The highest BCUT2D eigenvalue weighted by Crippen LogP contribution is 2.26. The summed E-state index contributed by atoms with van der Waals surface area (Å²) in [6, 6.07) is 2.08. The molecule has 1 fully saturated rings. The molecule has 1 aromatic heterocycles. The molecule has 18 heavy (non-hydrogen) atoms. The Labute approximate surface area is 107 Å². The minimum absolute atomic E-state index is 0.0723. The third-order valence-electron chi connectivity index (χ3n) is 3.54. The molecule has 1 heterocycles. The van der Waals surface area contributed by atoms with Gasteiger partial charge in [0.15, 0.2) is 0 Å². The first-order chi connectivity index (χ1) is 8.74. The fourth-order valence-corrected chi connectivity index (χ4v) is 2.65. The number of hydrogen-bond donors (Lipinski definition) is 2. The Morgan fingerprint density at radius 3 is 2.83 bits per heavy atom. The lowest BCUT2D eigenvalue weighted by Crippen LogP contribution is -2.38. The number of aromatic amines is 1. The summed E-state index contributed by atoms with van der Waals surface area (Å²) in [6.45, 7) is 3.35. The van der Waals surface area contributed by atoms with E-state index in [2.05, 4.69) is 14.9 Å². The molecule has 5 nitrogen and oxygen atoms in total. The van der Waals surface area contributed by atoms with Crippen molar-refractivity contribution in [2.24, 2.45) is 5.73 Å². The number of aryl methyl sites for hydroxylation is 1. The minimum atomic E-state index is -0.0723. The fraction of sp³-hybridized carbons (Fsp3) is 0.692. The van der Waals surface area contributed by atoms with Gasteiger partial charge in [-0.15, -0.1) is 0 Å². The molecule has 1 aromatic rings. The van der Waals surface area contributed by atoms with Crippen LogP contribution in [0.15, 0.2) is 10.9 Å². The minimum Gasteiger partial charge on any atom is -0.352 e. The fourth-order valence-electron chi connectivity index (χ4n) is 2.65. The van der Waals surface area contributed by atoms with E-state index in [9.17, 15) is 4.79 Å².